The van der Waals surface area contributed by atoms with Gasteiger partial charge in [0, 0.05) is 16.0 Å². The van der Waals surface area contributed by atoms with E-state index in [4.69, 9.17) is 0 Å². The van der Waals surface area contributed by atoms with Crippen molar-refractivity contribution in [2.24, 2.45) is 0 Å². The minimum atomic E-state index is -0.123. The summed E-state index contributed by atoms with van der Waals surface area (Å²) in [5, 5.41) is 12.7. The molecule has 1 amide bonds. The molecule has 0 fully saturated rings. The maximum atomic E-state index is 11.9. The fraction of sp³-hybridized carbons (Fsp3) is 0.0769. The predicted octanol–water partition coefficient (Wildman–Crippen LogP) is 2.42. The lowest BCUT2D eigenvalue weighted by Crippen LogP contribution is -2.21. The zero-order valence-corrected chi connectivity index (χ0v) is 13.1. The summed E-state index contributed by atoms with van der Waals surface area (Å²) in [5.41, 5.74) is 1.51. The number of carbonyl (C=O) groups excluding carboxylic acids is 1. The molecule has 0 aliphatic carbocycles. The highest BCUT2D eigenvalue weighted by molar-refractivity contribution is 9.10. The third-order valence-corrected chi connectivity index (χ3v) is 4.36. The van der Waals surface area contributed by atoms with Gasteiger partial charge in [0.25, 0.3) is 5.91 Å². The van der Waals surface area contributed by atoms with Crippen molar-refractivity contribution < 1.29 is 4.79 Å². The topological polar surface area (TPSA) is 72.7 Å². The van der Waals surface area contributed by atoms with Crippen LogP contribution in [-0.4, -0.2) is 25.9 Å². The zero-order valence-electron chi connectivity index (χ0n) is 10.7. The van der Waals surface area contributed by atoms with Crippen LogP contribution in [0, 0.1) is 0 Å². The van der Waals surface area contributed by atoms with Gasteiger partial charge in [0.05, 0.1) is 29.5 Å². The number of carbonyl (C=O) groups is 1. The number of halogens is 1. The summed E-state index contributed by atoms with van der Waals surface area (Å²) in [6, 6.07) is 5.49. The molecule has 0 saturated heterocycles. The van der Waals surface area contributed by atoms with Crippen LogP contribution in [0.3, 0.4) is 0 Å². The van der Waals surface area contributed by atoms with E-state index in [0.717, 1.165) is 10.2 Å². The fourth-order valence-electron chi connectivity index (χ4n) is 1.68. The Morgan fingerprint density at radius 3 is 3.10 bits per heavy atom. The van der Waals surface area contributed by atoms with E-state index in [1.165, 1.54) is 11.3 Å². The van der Waals surface area contributed by atoms with Crippen LogP contribution in [0.5, 0.6) is 0 Å². The summed E-state index contributed by atoms with van der Waals surface area (Å²) in [7, 11) is 0. The number of hydrogen-bond donors (Lipinski definition) is 1. The van der Waals surface area contributed by atoms with E-state index in [2.05, 4.69) is 36.5 Å². The molecule has 0 atom stereocenters. The Kier molecular flexibility index (Phi) is 4.07. The Balaban J connectivity index is 1.64. The smallest absolute Gasteiger partial charge is 0.261 e. The number of nitrogens with zero attached hydrogens (tertiary/aromatic N) is 4. The summed E-state index contributed by atoms with van der Waals surface area (Å²) in [6.45, 7) is 0.328. The van der Waals surface area contributed by atoms with E-state index in [1.54, 1.807) is 29.3 Å². The fourth-order valence-corrected chi connectivity index (χ4v) is 3.03. The molecule has 3 aromatic heterocycles. The first-order chi connectivity index (χ1) is 10.2. The summed E-state index contributed by atoms with van der Waals surface area (Å²) in [4.78, 5) is 16.6. The second-order valence-corrected chi connectivity index (χ2v) is 6.00. The highest BCUT2D eigenvalue weighted by Gasteiger charge is 2.09. The first-order valence-electron chi connectivity index (χ1n) is 6.06. The molecule has 0 aromatic carbocycles. The Bertz CT molecular complexity index is 755. The molecule has 106 valence electrons. The van der Waals surface area contributed by atoms with Gasteiger partial charge in [-0.3, -0.25) is 9.78 Å². The Morgan fingerprint density at radius 1 is 1.48 bits per heavy atom. The van der Waals surface area contributed by atoms with Gasteiger partial charge in [-0.1, -0.05) is 5.21 Å². The van der Waals surface area contributed by atoms with Crippen LogP contribution in [0.25, 0.3) is 5.69 Å². The van der Waals surface area contributed by atoms with Crippen molar-refractivity contribution in [3.63, 3.8) is 0 Å². The third-order valence-electron chi connectivity index (χ3n) is 2.67. The third kappa shape index (κ3) is 3.34. The summed E-state index contributed by atoms with van der Waals surface area (Å²) in [6.07, 6.45) is 5.16. The number of nitrogens with one attached hydrogen (secondary N) is 1. The van der Waals surface area contributed by atoms with Gasteiger partial charge in [-0.2, -0.15) is 0 Å². The number of hydrogen-bond acceptors (Lipinski definition) is 5. The van der Waals surface area contributed by atoms with Gasteiger partial charge in [0.2, 0.25) is 0 Å². The minimum absolute atomic E-state index is 0.123. The lowest BCUT2D eigenvalue weighted by Gasteiger charge is -1.99. The summed E-state index contributed by atoms with van der Waals surface area (Å²) in [5.74, 6) is -0.123. The van der Waals surface area contributed by atoms with E-state index in [9.17, 15) is 4.79 Å². The average Bonchev–Trinajstić information content (AvgIpc) is 3.15. The molecule has 1 N–H and O–H groups in total. The number of amides is 1. The molecule has 21 heavy (non-hydrogen) atoms. The number of thiophene rings is 1. The standard InChI is InChI=1S/C13H10BrN5OS/c14-9-4-12(21-8-9)13(20)16-5-10-7-19(18-17-10)11-2-1-3-15-6-11/h1-4,6-8H,5H2,(H,16,20). The molecule has 3 aromatic rings. The number of rotatable bonds is 4. The molecule has 3 heterocycles. The van der Waals surface area contributed by atoms with E-state index in [0.29, 0.717) is 17.1 Å². The molecule has 0 aliphatic rings. The van der Waals surface area contributed by atoms with Crippen LogP contribution in [0.1, 0.15) is 15.4 Å². The summed E-state index contributed by atoms with van der Waals surface area (Å²) < 4.78 is 2.52. The van der Waals surface area contributed by atoms with Crippen molar-refractivity contribution in [2.45, 2.75) is 6.54 Å². The summed E-state index contributed by atoms with van der Waals surface area (Å²) >= 11 is 4.71. The van der Waals surface area contributed by atoms with Gasteiger partial charge < -0.3 is 5.32 Å². The molecular weight excluding hydrogens is 354 g/mol. The average molecular weight is 364 g/mol. The molecule has 0 radical (unpaired) electrons. The van der Waals surface area contributed by atoms with Crippen LogP contribution in [-0.2, 0) is 6.54 Å². The molecule has 0 spiro atoms. The van der Waals surface area contributed by atoms with E-state index in [1.807, 2.05) is 17.5 Å². The van der Waals surface area contributed by atoms with Gasteiger partial charge in [-0.15, -0.1) is 16.4 Å². The van der Waals surface area contributed by atoms with Crippen LogP contribution < -0.4 is 5.32 Å². The molecule has 0 saturated carbocycles. The molecule has 0 bridgehead atoms. The van der Waals surface area contributed by atoms with E-state index < -0.39 is 0 Å². The maximum Gasteiger partial charge on any atom is 0.261 e. The molecule has 0 aliphatic heterocycles. The van der Waals surface area contributed by atoms with Crippen molar-refractivity contribution in [3.05, 3.63) is 57.2 Å². The van der Waals surface area contributed by atoms with Gasteiger partial charge in [-0.25, -0.2) is 4.68 Å². The SMILES string of the molecule is O=C(NCc1cn(-c2cccnc2)nn1)c1cc(Br)cs1. The lowest BCUT2D eigenvalue weighted by atomic mass is 10.4. The minimum Gasteiger partial charge on any atom is -0.346 e. The first kappa shape index (κ1) is 13.9. The van der Waals surface area contributed by atoms with Crippen molar-refractivity contribution in [3.8, 4) is 5.69 Å². The zero-order chi connectivity index (χ0) is 14.7. The van der Waals surface area contributed by atoms with E-state index in [-0.39, 0.29) is 5.91 Å². The Hall–Kier alpha value is -2.06. The first-order valence-corrected chi connectivity index (χ1v) is 7.73. The normalized spacial score (nSPS) is 10.5. The van der Waals surface area contributed by atoms with Gasteiger partial charge >= 0.3 is 0 Å². The van der Waals surface area contributed by atoms with E-state index >= 15 is 0 Å². The maximum absolute atomic E-state index is 11.9. The molecule has 0 unspecified atom stereocenters. The van der Waals surface area contributed by atoms with Crippen LogP contribution in [0.2, 0.25) is 0 Å². The van der Waals surface area contributed by atoms with Crippen molar-refractivity contribution in [2.75, 3.05) is 0 Å². The van der Waals surface area contributed by atoms with Crippen molar-refractivity contribution in [1.82, 2.24) is 25.3 Å². The van der Waals surface area contributed by atoms with Crippen molar-refractivity contribution >= 4 is 33.2 Å². The van der Waals surface area contributed by atoms with Gasteiger partial charge in [0.15, 0.2) is 0 Å². The van der Waals surface area contributed by atoms with Crippen LogP contribution in [0.4, 0.5) is 0 Å². The predicted molar refractivity (Wildman–Crippen MR) is 82.3 cm³/mol. The second kappa shape index (κ2) is 6.15. The van der Waals surface area contributed by atoms with Gasteiger partial charge in [-0.05, 0) is 34.1 Å². The monoisotopic (exact) mass is 363 g/mol. The molecule has 8 heteroatoms. The van der Waals surface area contributed by atoms with Gasteiger partial charge in [0.1, 0.15) is 5.69 Å². The van der Waals surface area contributed by atoms with Crippen LogP contribution >= 0.6 is 27.3 Å². The molecule has 3 rings (SSSR count). The Labute approximate surface area is 133 Å². The number of aromatic nitrogens is 4. The highest BCUT2D eigenvalue weighted by atomic mass is 79.9. The lowest BCUT2D eigenvalue weighted by molar-refractivity contribution is 0.0954. The van der Waals surface area contributed by atoms with Crippen LogP contribution in [0.15, 0.2) is 46.6 Å². The molecular formula is C13H10BrN5OS. The highest BCUT2D eigenvalue weighted by Crippen LogP contribution is 2.19. The quantitative estimate of drug-likeness (QED) is 0.772. The number of pyridine rings is 1. The van der Waals surface area contributed by atoms with Crippen molar-refractivity contribution in [1.29, 1.82) is 0 Å². The second-order valence-electron chi connectivity index (χ2n) is 4.18. The Morgan fingerprint density at radius 2 is 2.38 bits per heavy atom. The molecule has 6 nitrogen and oxygen atoms in total. The largest absolute Gasteiger partial charge is 0.346 e.